The summed E-state index contributed by atoms with van der Waals surface area (Å²) in [7, 11) is 0. The number of ether oxygens (including phenoxy) is 1. The molecule has 36 heavy (non-hydrogen) atoms. The highest BCUT2D eigenvalue weighted by molar-refractivity contribution is 6.32. The van der Waals surface area contributed by atoms with Gasteiger partial charge >= 0.3 is 0 Å². The predicted molar refractivity (Wildman–Crippen MR) is 154 cm³/mol. The van der Waals surface area contributed by atoms with Crippen LogP contribution in [0, 0.1) is 0 Å². The van der Waals surface area contributed by atoms with Crippen molar-refractivity contribution in [1.29, 1.82) is 0 Å². The van der Waals surface area contributed by atoms with Gasteiger partial charge in [0, 0.05) is 25.8 Å². The smallest absolute Gasteiger partial charge is 0.224 e. The lowest BCUT2D eigenvalue weighted by Gasteiger charge is -2.22. The maximum Gasteiger partial charge on any atom is 0.224 e. The summed E-state index contributed by atoms with van der Waals surface area (Å²) in [6.07, 6.45) is 23.8. The Morgan fingerprint density at radius 1 is 0.944 bits per heavy atom. The van der Waals surface area contributed by atoms with Crippen LogP contribution in [0.1, 0.15) is 103 Å². The molecule has 0 fully saturated rings. The molecule has 0 bridgehead atoms. The number of carbonyl (C=O) groups is 1. The third-order valence-corrected chi connectivity index (χ3v) is 6.93. The summed E-state index contributed by atoms with van der Waals surface area (Å²) in [6, 6.07) is 5.67. The lowest BCUT2D eigenvalue weighted by molar-refractivity contribution is -0.120. The Kier molecular flexibility index (Phi) is 16.2. The number of halogens is 1. The van der Waals surface area contributed by atoms with Crippen LogP contribution >= 0.6 is 11.6 Å². The normalized spacial score (nSPS) is 13.1. The second kappa shape index (κ2) is 19.2. The van der Waals surface area contributed by atoms with Gasteiger partial charge in [-0.05, 0) is 36.1 Å². The van der Waals surface area contributed by atoms with Crippen LogP contribution in [-0.4, -0.2) is 37.0 Å². The van der Waals surface area contributed by atoms with Crippen molar-refractivity contribution in [3.63, 3.8) is 0 Å². The largest absolute Gasteiger partial charge is 0.492 e. The van der Waals surface area contributed by atoms with Gasteiger partial charge in [-0.1, -0.05) is 114 Å². The second-order valence-corrected chi connectivity index (χ2v) is 10.5. The monoisotopic (exact) mass is 516 g/mol. The Balaban J connectivity index is 1.55. The first-order valence-corrected chi connectivity index (χ1v) is 14.8. The maximum atomic E-state index is 12.4. The van der Waals surface area contributed by atoms with E-state index in [9.17, 15) is 4.79 Å². The minimum absolute atomic E-state index is 0.00172. The van der Waals surface area contributed by atoms with Crippen molar-refractivity contribution in [2.45, 2.75) is 104 Å². The fourth-order valence-corrected chi connectivity index (χ4v) is 4.82. The van der Waals surface area contributed by atoms with Crippen LogP contribution in [0.3, 0.4) is 0 Å². The first kappa shape index (κ1) is 30.3. The molecule has 0 saturated carbocycles. The molecule has 1 amide bonds. The zero-order valence-corrected chi connectivity index (χ0v) is 23.6. The van der Waals surface area contributed by atoms with E-state index in [1.54, 1.807) is 0 Å². The van der Waals surface area contributed by atoms with Gasteiger partial charge in [-0.3, -0.25) is 4.79 Å². The van der Waals surface area contributed by atoms with E-state index >= 15 is 0 Å². The van der Waals surface area contributed by atoms with Crippen LogP contribution in [0.4, 0.5) is 0 Å². The molecule has 0 radical (unpaired) electrons. The van der Waals surface area contributed by atoms with E-state index in [0.717, 1.165) is 37.1 Å². The zero-order valence-electron chi connectivity index (χ0n) is 22.8. The summed E-state index contributed by atoms with van der Waals surface area (Å²) >= 11 is 6.43. The minimum atomic E-state index is -0.00172. The molecule has 0 unspecified atom stereocenters. The predicted octanol–water partition coefficient (Wildman–Crippen LogP) is 8.24. The van der Waals surface area contributed by atoms with Gasteiger partial charge in [0.25, 0.3) is 0 Å². The van der Waals surface area contributed by atoms with Crippen molar-refractivity contribution in [1.82, 2.24) is 10.2 Å². The molecular weight excluding hydrogens is 468 g/mol. The second-order valence-electron chi connectivity index (χ2n) is 10.1. The molecule has 1 aromatic rings. The van der Waals surface area contributed by atoms with Gasteiger partial charge in [-0.25, -0.2) is 0 Å². The Labute approximate surface area is 225 Å². The van der Waals surface area contributed by atoms with Crippen molar-refractivity contribution < 1.29 is 9.53 Å². The zero-order chi connectivity index (χ0) is 25.8. The lowest BCUT2D eigenvalue weighted by atomic mass is 10.1. The van der Waals surface area contributed by atoms with Gasteiger partial charge in [0.2, 0.25) is 5.91 Å². The molecule has 1 N–H and O–H groups in total. The highest BCUT2D eigenvalue weighted by atomic mass is 35.5. The van der Waals surface area contributed by atoms with Crippen LogP contribution in [-0.2, 0) is 11.2 Å². The molecule has 4 nitrogen and oxygen atoms in total. The van der Waals surface area contributed by atoms with Crippen LogP contribution in [0.15, 0.2) is 42.1 Å². The average Bonchev–Trinajstić information content (AvgIpc) is 2.87. The summed E-state index contributed by atoms with van der Waals surface area (Å²) in [6.45, 7) is 7.66. The van der Waals surface area contributed by atoms with Crippen LogP contribution < -0.4 is 10.1 Å². The highest BCUT2D eigenvalue weighted by Gasteiger charge is 2.09. The number of amides is 1. The topological polar surface area (TPSA) is 41.6 Å². The first-order chi connectivity index (χ1) is 17.6. The molecule has 0 aromatic heterocycles. The Bertz CT molecular complexity index is 806. The number of nitrogens with zero attached hydrogens (tertiary/aromatic N) is 1. The van der Waals surface area contributed by atoms with E-state index in [1.165, 1.54) is 70.6 Å². The van der Waals surface area contributed by atoms with Gasteiger partial charge in [-0.2, -0.15) is 0 Å². The molecule has 202 valence electrons. The third kappa shape index (κ3) is 13.4. The standard InChI is InChI=1S/C31H49ClN2O2/c1-3-5-6-7-8-9-10-11-12-13-14-15-22-36-30-19-18-27(23-29(30)32)24-31(35)33-25-28-17-16-21-34(26-28)20-4-2/h16-19,23,26H,3-15,20-22,24-25H2,1-2H3,(H,33,35). The molecule has 1 aromatic carbocycles. The SMILES string of the molecule is CCCCCCCCCCCCCCOc1ccc(CC(=O)NCC2=CN(CCC)CC=C2)cc1Cl. The molecule has 1 aliphatic heterocycles. The van der Waals surface area contributed by atoms with Gasteiger partial charge < -0.3 is 15.0 Å². The van der Waals surface area contributed by atoms with E-state index in [2.05, 4.69) is 42.4 Å². The summed E-state index contributed by atoms with van der Waals surface area (Å²) in [5, 5.41) is 3.59. The van der Waals surface area contributed by atoms with Crippen molar-refractivity contribution in [2.24, 2.45) is 0 Å². The number of nitrogens with one attached hydrogen (secondary N) is 1. The molecule has 0 atom stereocenters. The van der Waals surface area contributed by atoms with E-state index in [4.69, 9.17) is 16.3 Å². The summed E-state index contributed by atoms with van der Waals surface area (Å²) < 4.78 is 5.89. The van der Waals surface area contributed by atoms with E-state index in [-0.39, 0.29) is 5.91 Å². The third-order valence-electron chi connectivity index (χ3n) is 6.64. The van der Waals surface area contributed by atoms with E-state index < -0.39 is 0 Å². The number of unbranched alkanes of at least 4 members (excludes halogenated alkanes) is 11. The molecule has 1 heterocycles. The molecule has 0 spiro atoms. The van der Waals surface area contributed by atoms with Crippen molar-refractivity contribution >= 4 is 17.5 Å². The van der Waals surface area contributed by atoms with Gasteiger partial charge in [0.15, 0.2) is 0 Å². The van der Waals surface area contributed by atoms with E-state index in [1.807, 2.05) is 18.2 Å². The summed E-state index contributed by atoms with van der Waals surface area (Å²) in [5.74, 6) is 0.704. The minimum Gasteiger partial charge on any atom is -0.492 e. The van der Waals surface area contributed by atoms with Crippen LogP contribution in [0.5, 0.6) is 5.75 Å². The molecule has 2 rings (SSSR count). The number of benzene rings is 1. The molecule has 5 heteroatoms. The van der Waals surface area contributed by atoms with Gasteiger partial charge in [0.1, 0.15) is 5.75 Å². The van der Waals surface area contributed by atoms with Crippen molar-refractivity contribution in [3.05, 3.63) is 52.7 Å². The van der Waals surface area contributed by atoms with Gasteiger partial charge in [0.05, 0.1) is 18.1 Å². The van der Waals surface area contributed by atoms with E-state index in [0.29, 0.717) is 30.3 Å². The Morgan fingerprint density at radius 2 is 1.61 bits per heavy atom. The number of carbonyl (C=O) groups excluding carboxylic acids is 1. The summed E-state index contributed by atoms with van der Waals surface area (Å²) in [4.78, 5) is 14.7. The number of hydrogen-bond acceptors (Lipinski definition) is 3. The Morgan fingerprint density at radius 3 is 2.25 bits per heavy atom. The van der Waals surface area contributed by atoms with Crippen molar-refractivity contribution in [3.8, 4) is 5.75 Å². The fourth-order valence-electron chi connectivity index (χ4n) is 4.56. The van der Waals surface area contributed by atoms with Crippen LogP contribution in [0.25, 0.3) is 0 Å². The fraction of sp³-hybridized carbons (Fsp3) is 0.645. The van der Waals surface area contributed by atoms with Crippen LogP contribution in [0.2, 0.25) is 5.02 Å². The summed E-state index contributed by atoms with van der Waals surface area (Å²) in [5.41, 5.74) is 2.03. The molecule has 0 saturated heterocycles. The highest BCUT2D eigenvalue weighted by Crippen LogP contribution is 2.26. The molecule has 1 aliphatic rings. The lowest BCUT2D eigenvalue weighted by Crippen LogP contribution is -2.29. The van der Waals surface area contributed by atoms with Crippen molar-refractivity contribution in [2.75, 3.05) is 26.2 Å². The average molecular weight is 517 g/mol. The quantitative estimate of drug-likeness (QED) is 0.177. The first-order valence-electron chi connectivity index (χ1n) is 14.4. The maximum absolute atomic E-state index is 12.4. The molecular formula is C31H49ClN2O2. The number of rotatable bonds is 20. The molecule has 0 aliphatic carbocycles. The Hall–Kier alpha value is -1.94. The van der Waals surface area contributed by atoms with Gasteiger partial charge in [-0.15, -0.1) is 0 Å². The number of hydrogen-bond donors (Lipinski definition) is 1.